The molecular formula is C52H33NOU. The van der Waals surface area contributed by atoms with Crippen LogP contribution in [0, 0.1) is 43.2 Å². The van der Waals surface area contributed by atoms with Crippen LogP contribution in [0.2, 0.25) is 0 Å². The molecule has 0 radical (unpaired) electrons. The molecule has 9 aromatic carbocycles. The van der Waals surface area contributed by atoms with Crippen LogP contribution in [0.4, 0.5) is 17.1 Å². The Morgan fingerprint density at radius 1 is 0.364 bits per heavy atom. The Hall–Kier alpha value is -6.11. The monoisotopic (exact) mass is 925 g/mol. The van der Waals surface area contributed by atoms with Gasteiger partial charge in [0.15, 0.2) is 0 Å². The summed E-state index contributed by atoms with van der Waals surface area (Å²) in [5.41, 5.74) is 14.0. The van der Waals surface area contributed by atoms with Crippen molar-refractivity contribution in [3.05, 3.63) is 212 Å². The van der Waals surface area contributed by atoms with E-state index < -0.39 is 0 Å². The SMILES string of the molecule is [U+2].[c-]1ccccc1-c1[c-]cc(-c2ccc(N(c3ccc(-c4ccc5ccccc5c4)cc3)c3ccc(-c4ccc5c(c4)oc4ccccc45)cc3)cc2)cc1. The normalized spacial score (nSPS) is 11.1. The van der Waals surface area contributed by atoms with E-state index in [2.05, 4.69) is 187 Å². The van der Waals surface area contributed by atoms with Gasteiger partial charge in [-0.1, -0.05) is 103 Å². The number of hydrogen-bond acceptors (Lipinski definition) is 2. The molecule has 0 saturated carbocycles. The van der Waals surface area contributed by atoms with Crippen molar-refractivity contribution in [3.8, 4) is 44.5 Å². The predicted octanol–water partition coefficient (Wildman–Crippen LogP) is 14.5. The van der Waals surface area contributed by atoms with Gasteiger partial charge in [0.05, 0.1) is 0 Å². The minimum atomic E-state index is 0. The molecule has 3 heteroatoms. The van der Waals surface area contributed by atoms with Crippen LogP contribution in [-0.4, -0.2) is 0 Å². The minimum Gasteiger partial charge on any atom is -0.456 e. The first-order chi connectivity index (χ1) is 26.7. The average molecular weight is 926 g/mol. The minimum absolute atomic E-state index is 0. The Balaban J connectivity index is 0.00000397. The molecule has 55 heavy (non-hydrogen) atoms. The van der Waals surface area contributed by atoms with Gasteiger partial charge >= 0.3 is 31.1 Å². The molecule has 2 nitrogen and oxygen atoms in total. The van der Waals surface area contributed by atoms with Gasteiger partial charge in [-0.25, -0.2) is 11.1 Å². The van der Waals surface area contributed by atoms with Gasteiger partial charge < -0.3 is 9.32 Å². The smallest absolute Gasteiger partial charge is 0.456 e. The Bertz CT molecular complexity index is 2890. The van der Waals surface area contributed by atoms with Gasteiger partial charge in [0.25, 0.3) is 0 Å². The van der Waals surface area contributed by atoms with E-state index in [1.165, 1.54) is 21.9 Å². The summed E-state index contributed by atoms with van der Waals surface area (Å²) in [6.07, 6.45) is 0. The van der Waals surface area contributed by atoms with Crippen molar-refractivity contribution in [2.75, 3.05) is 4.90 Å². The maximum Gasteiger partial charge on any atom is 2.00 e. The number of benzene rings is 9. The van der Waals surface area contributed by atoms with Gasteiger partial charge in [0.2, 0.25) is 0 Å². The summed E-state index contributed by atoms with van der Waals surface area (Å²) >= 11 is 0. The van der Waals surface area contributed by atoms with E-state index in [1.54, 1.807) is 0 Å². The van der Waals surface area contributed by atoms with Crippen molar-refractivity contribution in [1.29, 1.82) is 0 Å². The topological polar surface area (TPSA) is 16.4 Å². The van der Waals surface area contributed by atoms with E-state index >= 15 is 0 Å². The molecule has 0 unspecified atom stereocenters. The van der Waals surface area contributed by atoms with E-state index in [-0.39, 0.29) is 31.1 Å². The summed E-state index contributed by atoms with van der Waals surface area (Å²) in [5, 5.41) is 4.77. The van der Waals surface area contributed by atoms with Crippen LogP contribution in [0.5, 0.6) is 0 Å². The zero-order valence-electron chi connectivity index (χ0n) is 29.9. The van der Waals surface area contributed by atoms with E-state index in [1.807, 2.05) is 30.3 Å². The van der Waals surface area contributed by atoms with Crippen molar-refractivity contribution in [2.45, 2.75) is 0 Å². The molecule has 0 atom stereocenters. The number of para-hydroxylation sites is 1. The van der Waals surface area contributed by atoms with Gasteiger partial charge in [-0.2, -0.15) is 36.4 Å². The number of fused-ring (bicyclic) bond motifs is 4. The fourth-order valence-corrected chi connectivity index (χ4v) is 7.46. The largest absolute Gasteiger partial charge is 2.00 e. The molecule has 0 spiro atoms. The molecule has 1 heterocycles. The first kappa shape index (κ1) is 34.6. The molecule has 1 aromatic heterocycles. The fourth-order valence-electron chi connectivity index (χ4n) is 7.46. The Morgan fingerprint density at radius 2 is 0.891 bits per heavy atom. The van der Waals surface area contributed by atoms with Gasteiger partial charge in [-0.15, -0.1) is 23.8 Å². The van der Waals surface area contributed by atoms with Gasteiger partial charge in [0, 0.05) is 27.8 Å². The Labute approximate surface area is 344 Å². The average Bonchev–Trinajstić information content (AvgIpc) is 3.63. The summed E-state index contributed by atoms with van der Waals surface area (Å²) in [5.74, 6) is 0. The van der Waals surface area contributed by atoms with Gasteiger partial charge in [-0.3, -0.25) is 0 Å². The number of anilines is 3. The summed E-state index contributed by atoms with van der Waals surface area (Å²) < 4.78 is 6.21. The molecule has 0 fully saturated rings. The molecule has 10 rings (SSSR count). The zero-order valence-corrected chi connectivity index (χ0v) is 34.1. The van der Waals surface area contributed by atoms with Crippen LogP contribution in [0.1, 0.15) is 0 Å². The number of hydrogen-bond donors (Lipinski definition) is 0. The molecular weight excluding hydrogens is 893 g/mol. The summed E-state index contributed by atoms with van der Waals surface area (Å²) in [7, 11) is 0. The van der Waals surface area contributed by atoms with E-state index in [9.17, 15) is 0 Å². The molecule has 0 saturated heterocycles. The molecule has 10 aromatic rings. The molecule has 256 valence electrons. The molecule has 0 amide bonds. The third kappa shape index (κ3) is 6.79. The molecule has 0 N–H and O–H groups in total. The summed E-state index contributed by atoms with van der Waals surface area (Å²) in [4.78, 5) is 2.32. The number of furan rings is 1. The van der Waals surface area contributed by atoms with Crippen LogP contribution in [-0.2, 0) is 0 Å². The first-order valence-electron chi connectivity index (χ1n) is 18.2. The molecule has 0 aliphatic heterocycles. The third-order valence-electron chi connectivity index (χ3n) is 10.3. The maximum absolute atomic E-state index is 6.21. The Kier molecular flexibility index (Phi) is 9.43. The second-order valence-corrected chi connectivity index (χ2v) is 13.6. The van der Waals surface area contributed by atoms with Crippen molar-refractivity contribution < 1.29 is 35.5 Å². The van der Waals surface area contributed by atoms with Crippen molar-refractivity contribution in [1.82, 2.24) is 0 Å². The van der Waals surface area contributed by atoms with Crippen LogP contribution in [0.25, 0.3) is 77.2 Å². The van der Waals surface area contributed by atoms with E-state index in [0.29, 0.717) is 0 Å². The van der Waals surface area contributed by atoms with E-state index in [0.717, 1.165) is 72.4 Å². The number of rotatable bonds is 7. The van der Waals surface area contributed by atoms with Gasteiger partial charge in [0.1, 0.15) is 11.2 Å². The molecule has 0 aliphatic rings. The third-order valence-corrected chi connectivity index (χ3v) is 10.3. The van der Waals surface area contributed by atoms with Crippen molar-refractivity contribution >= 4 is 49.8 Å². The van der Waals surface area contributed by atoms with E-state index in [4.69, 9.17) is 4.42 Å². The quantitative estimate of drug-likeness (QED) is 0.148. The molecule has 0 aliphatic carbocycles. The van der Waals surface area contributed by atoms with Crippen LogP contribution >= 0.6 is 0 Å². The predicted molar refractivity (Wildman–Crippen MR) is 225 cm³/mol. The van der Waals surface area contributed by atoms with Crippen molar-refractivity contribution in [3.63, 3.8) is 0 Å². The second kappa shape index (κ2) is 15.0. The number of nitrogens with zero attached hydrogens (tertiary/aromatic N) is 1. The van der Waals surface area contributed by atoms with Crippen LogP contribution in [0.3, 0.4) is 0 Å². The standard InChI is InChI=1S/C52H33NO.U/c1-2-8-36(9-3-1)38-14-16-39(17-15-38)40-20-27-46(28-21-40)53(47-29-22-41(23-30-47)44-19-18-37-10-4-5-11-43(37)34-44)48-31-24-42(25-32-48)45-26-33-50-49-12-6-7-13-51(49)54-52(50)35-45;/h1-8,10-14,16-35H;/q-2;+2. The fraction of sp³-hybridized carbons (Fsp3) is 0. The second-order valence-electron chi connectivity index (χ2n) is 13.6. The van der Waals surface area contributed by atoms with Gasteiger partial charge in [-0.05, 0) is 93.7 Å². The maximum atomic E-state index is 6.21. The first-order valence-corrected chi connectivity index (χ1v) is 18.2. The van der Waals surface area contributed by atoms with Crippen LogP contribution in [0.15, 0.2) is 205 Å². The summed E-state index contributed by atoms with van der Waals surface area (Å²) in [6, 6.07) is 77.5. The summed E-state index contributed by atoms with van der Waals surface area (Å²) in [6.45, 7) is 0. The van der Waals surface area contributed by atoms with Crippen LogP contribution < -0.4 is 4.90 Å². The van der Waals surface area contributed by atoms with Crippen molar-refractivity contribution in [2.24, 2.45) is 0 Å². The molecule has 0 bridgehead atoms. The Morgan fingerprint density at radius 3 is 1.55 bits per heavy atom. The zero-order chi connectivity index (χ0) is 35.8.